The summed E-state index contributed by atoms with van der Waals surface area (Å²) in [5, 5.41) is 3.26. The van der Waals surface area contributed by atoms with Gasteiger partial charge in [0.1, 0.15) is 5.88 Å². The van der Waals surface area contributed by atoms with Gasteiger partial charge in [0.05, 0.1) is 0 Å². The Bertz CT molecular complexity index is 955. The number of hydrogen-bond donors (Lipinski definition) is 1. The van der Waals surface area contributed by atoms with Crippen LogP contribution >= 0.6 is 23.2 Å². The third kappa shape index (κ3) is 3.96. The summed E-state index contributed by atoms with van der Waals surface area (Å²) >= 11 is 11.8. The Morgan fingerprint density at radius 3 is 2.27 bits per heavy atom. The molecule has 0 atom stereocenters. The lowest BCUT2D eigenvalue weighted by molar-refractivity contribution is -0.113. The third-order valence-electron chi connectivity index (χ3n) is 3.87. The van der Waals surface area contributed by atoms with Gasteiger partial charge in [0.15, 0.2) is 5.78 Å². The Morgan fingerprint density at radius 2 is 1.54 bits per heavy atom. The molecule has 130 valence electrons. The van der Waals surface area contributed by atoms with Crippen LogP contribution in [0.2, 0.25) is 5.02 Å². The number of carbonyl (C=O) groups excluding carboxylic acids is 2. The van der Waals surface area contributed by atoms with Crippen molar-refractivity contribution in [3.05, 3.63) is 88.9 Å². The number of halogens is 2. The zero-order valence-corrected chi connectivity index (χ0v) is 15.2. The second kappa shape index (κ2) is 8.17. The fourth-order valence-corrected chi connectivity index (χ4v) is 2.93. The van der Waals surface area contributed by atoms with Crippen LogP contribution in [0, 0.1) is 0 Å². The number of rotatable bonds is 5. The zero-order chi connectivity index (χ0) is 18.5. The van der Waals surface area contributed by atoms with Gasteiger partial charge in [-0.25, -0.2) is 0 Å². The van der Waals surface area contributed by atoms with E-state index in [2.05, 4.69) is 5.32 Å². The second-order valence-corrected chi connectivity index (χ2v) is 6.32. The molecule has 0 unspecified atom stereocenters. The summed E-state index contributed by atoms with van der Waals surface area (Å²) in [4.78, 5) is 24.7. The lowest BCUT2D eigenvalue weighted by Gasteiger charge is -2.14. The lowest BCUT2D eigenvalue weighted by Crippen LogP contribution is -2.13. The molecular formula is C21H15Cl2NO2. The summed E-state index contributed by atoms with van der Waals surface area (Å²) in [6, 6.07) is 21.4. The first kappa shape index (κ1) is 18.2. The highest BCUT2D eigenvalue weighted by atomic mass is 35.5. The van der Waals surface area contributed by atoms with Crippen molar-refractivity contribution in [1.29, 1.82) is 0 Å². The molecule has 0 bridgehead atoms. The molecule has 1 amide bonds. The van der Waals surface area contributed by atoms with E-state index >= 15 is 0 Å². The summed E-state index contributed by atoms with van der Waals surface area (Å²) in [7, 11) is 0. The van der Waals surface area contributed by atoms with E-state index in [1.807, 2.05) is 30.3 Å². The fraction of sp³-hybridized carbons (Fsp3) is 0.0476. The Labute approximate surface area is 161 Å². The van der Waals surface area contributed by atoms with Crippen LogP contribution in [0.25, 0.3) is 11.1 Å². The number of nitrogens with one attached hydrogen (secondary N) is 1. The van der Waals surface area contributed by atoms with E-state index in [4.69, 9.17) is 23.2 Å². The van der Waals surface area contributed by atoms with Crippen molar-refractivity contribution < 1.29 is 9.59 Å². The molecule has 0 heterocycles. The highest BCUT2D eigenvalue weighted by Gasteiger charge is 2.17. The monoisotopic (exact) mass is 383 g/mol. The summed E-state index contributed by atoms with van der Waals surface area (Å²) in [5.41, 5.74) is 3.02. The average Bonchev–Trinajstić information content (AvgIpc) is 2.69. The molecule has 0 aliphatic carbocycles. The number of ketones is 1. The molecule has 0 saturated carbocycles. The maximum absolute atomic E-state index is 13.0. The van der Waals surface area contributed by atoms with E-state index in [0.29, 0.717) is 33.0 Å². The SMILES string of the molecule is O=C(CCl)Nc1ccc(Cl)cc1-c1ccccc1C(=O)c1ccccc1. The van der Waals surface area contributed by atoms with Gasteiger partial charge >= 0.3 is 0 Å². The number of hydrogen-bond acceptors (Lipinski definition) is 2. The molecule has 3 rings (SSSR count). The molecular weight excluding hydrogens is 369 g/mol. The molecule has 1 N–H and O–H groups in total. The zero-order valence-electron chi connectivity index (χ0n) is 13.7. The minimum atomic E-state index is -0.331. The van der Waals surface area contributed by atoms with E-state index in [9.17, 15) is 9.59 Å². The quantitative estimate of drug-likeness (QED) is 0.472. The van der Waals surface area contributed by atoms with Crippen molar-refractivity contribution in [1.82, 2.24) is 0 Å². The van der Waals surface area contributed by atoms with Crippen molar-refractivity contribution in [2.75, 3.05) is 11.2 Å². The van der Waals surface area contributed by atoms with Crippen LogP contribution in [0.15, 0.2) is 72.8 Å². The summed E-state index contributed by atoms with van der Waals surface area (Å²) in [5.74, 6) is -0.593. The number of alkyl halides is 1. The molecule has 0 aliphatic heterocycles. The lowest BCUT2D eigenvalue weighted by atomic mass is 9.93. The summed E-state index contributed by atoms with van der Waals surface area (Å²) in [6.45, 7) is 0. The Kier molecular flexibility index (Phi) is 5.71. The van der Waals surface area contributed by atoms with Gasteiger partial charge < -0.3 is 5.32 Å². The molecule has 5 heteroatoms. The first-order valence-electron chi connectivity index (χ1n) is 7.94. The maximum atomic E-state index is 13.0. The van der Waals surface area contributed by atoms with Crippen LogP contribution in [0.4, 0.5) is 5.69 Å². The van der Waals surface area contributed by atoms with Crippen LogP contribution in [-0.4, -0.2) is 17.6 Å². The summed E-state index contributed by atoms with van der Waals surface area (Å²) in [6.07, 6.45) is 0. The molecule has 3 aromatic carbocycles. The molecule has 0 saturated heterocycles. The van der Waals surface area contributed by atoms with Gasteiger partial charge in [-0.05, 0) is 23.8 Å². The molecule has 0 aliphatic rings. The predicted octanol–water partition coefficient (Wildman–Crippen LogP) is 5.42. The highest BCUT2D eigenvalue weighted by Crippen LogP contribution is 2.34. The Morgan fingerprint density at radius 1 is 0.846 bits per heavy atom. The van der Waals surface area contributed by atoms with E-state index in [-0.39, 0.29) is 17.6 Å². The van der Waals surface area contributed by atoms with Gasteiger partial charge in [0.25, 0.3) is 0 Å². The molecule has 26 heavy (non-hydrogen) atoms. The highest BCUT2D eigenvalue weighted by molar-refractivity contribution is 6.31. The second-order valence-electron chi connectivity index (χ2n) is 5.61. The van der Waals surface area contributed by atoms with E-state index in [1.165, 1.54) is 0 Å². The Balaban J connectivity index is 2.13. The average molecular weight is 384 g/mol. The molecule has 0 radical (unpaired) electrons. The molecule has 0 fully saturated rings. The molecule has 0 aromatic heterocycles. The maximum Gasteiger partial charge on any atom is 0.239 e. The number of carbonyl (C=O) groups is 2. The van der Waals surface area contributed by atoms with Gasteiger partial charge in [0.2, 0.25) is 5.91 Å². The predicted molar refractivity (Wildman–Crippen MR) is 106 cm³/mol. The van der Waals surface area contributed by atoms with Gasteiger partial charge in [-0.3, -0.25) is 9.59 Å². The minimum Gasteiger partial charge on any atom is -0.324 e. The van der Waals surface area contributed by atoms with E-state index in [0.717, 1.165) is 0 Å². The van der Waals surface area contributed by atoms with E-state index in [1.54, 1.807) is 42.5 Å². The van der Waals surface area contributed by atoms with Crippen molar-refractivity contribution in [2.24, 2.45) is 0 Å². The normalized spacial score (nSPS) is 10.4. The Hall–Kier alpha value is -2.62. The third-order valence-corrected chi connectivity index (χ3v) is 4.35. The number of amides is 1. The van der Waals surface area contributed by atoms with Crippen LogP contribution in [0.3, 0.4) is 0 Å². The van der Waals surface area contributed by atoms with Crippen molar-refractivity contribution in [2.45, 2.75) is 0 Å². The number of anilines is 1. The molecule has 0 spiro atoms. The first-order chi connectivity index (χ1) is 12.6. The standard InChI is InChI=1S/C21H15Cl2NO2/c22-13-20(25)24-19-11-10-15(23)12-18(19)16-8-4-5-9-17(16)21(26)14-6-2-1-3-7-14/h1-12H,13H2,(H,24,25). The van der Waals surface area contributed by atoms with Crippen molar-refractivity contribution in [3.8, 4) is 11.1 Å². The smallest absolute Gasteiger partial charge is 0.239 e. The summed E-state index contributed by atoms with van der Waals surface area (Å²) < 4.78 is 0. The van der Waals surface area contributed by atoms with Crippen LogP contribution in [0.1, 0.15) is 15.9 Å². The number of benzene rings is 3. The van der Waals surface area contributed by atoms with Gasteiger partial charge in [-0.15, -0.1) is 11.6 Å². The minimum absolute atomic E-state index is 0.101. The van der Waals surface area contributed by atoms with E-state index < -0.39 is 0 Å². The topological polar surface area (TPSA) is 46.2 Å². The van der Waals surface area contributed by atoms with Crippen molar-refractivity contribution >= 4 is 40.6 Å². The van der Waals surface area contributed by atoms with Crippen molar-refractivity contribution in [3.63, 3.8) is 0 Å². The van der Waals surface area contributed by atoms with Crippen LogP contribution < -0.4 is 5.32 Å². The van der Waals surface area contributed by atoms with Gasteiger partial charge in [-0.1, -0.05) is 66.2 Å². The van der Waals surface area contributed by atoms with Crippen LogP contribution in [-0.2, 0) is 4.79 Å². The fourth-order valence-electron chi connectivity index (χ4n) is 2.69. The van der Waals surface area contributed by atoms with Gasteiger partial charge in [0, 0.05) is 27.4 Å². The molecule has 3 nitrogen and oxygen atoms in total. The first-order valence-corrected chi connectivity index (χ1v) is 8.86. The van der Waals surface area contributed by atoms with Crippen LogP contribution in [0.5, 0.6) is 0 Å². The largest absolute Gasteiger partial charge is 0.324 e. The molecule has 3 aromatic rings. The van der Waals surface area contributed by atoms with Gasteiger partial charge in [-0.2, -0.15) is 0 Å².